The van der Waals surface area contributed by atoms with Gasteiger partial charge in [0, 0.05) is 51.4 Å². The third kappa shape index (κ3) is 3.78. The number of anilines is 1. The highest BCUT2D eigenvalue weighted by Gasteiger charge is 2.48. The molecule has 2 amide bonds. The monoisotopic (exact) mass is 371 g/mol. The van der Waals surface area contributed by atoms with Crippen LogP contribution in [-0.4, -0.2) is 60.5 Å². The summed E-state index contributed by atoms with van der Waals surface area (Å²) in [4.78, 5) is 33.4. The lowest BCUT2D eigenvalue weighted by Crippen LogP contribution is -2.50. The molecule has 1 saturated heterocycles. The van der Waals surface area contributed by atoms with E-state index in [-0.39, 0.29) is 23.8 Å². The Hall–Kier alpha value is -2.15. The van der Waals surface area contributed by atoms with Gasteiger partial charge in [-0.3, -0.25) is 9.59 Å². The van der Waals surface area contributed by atoms with Gasteiger partial charge in [0.1, 0.15) is 5.82 Å². The molecule has 1 aromatic heterocycles. The number of carbonyl (C=O) groups excluding carboxylic acids is 2. The van der Waals surface area contributed by atoms with Gasteiger partial charge in [-0.25, -0.2) is 4.98 Å². The quantitative estimate of drug-likeness (QED) is 0.791. The van der Waals surface area contributed by atoms with Crippen LogP contribution in [0.3, 0.4) is 0 Å². The predicted molar refractivity (Wildman–Crippen MR) is 103 cm³/mol. The zero-order valence-electron chi connectivity index (χ0n) is 15.7. The summed E-state index contributed by atoms with van der Waals surface area (Å²) >= 11 is 0. The van der Waals surface area contributed by atoms with Crippen LogP contribution in [0.2, 0.25) is 0 Å². The van der Waals surface area contributed by atoms with Crippen LogP contribution in [0.1, 0.15) is 25.7 Å². The van der Waals surface area contributed by atoms with Crippen LogP contribution >= 0.6 is 0 Å². The van der Waals surface area contributed by atoms with E-state index in [0.29, 0.717) is 37.9 Å². The van der Waals surface area contributed by atoms with Crippen molar-refractivity contribution >= 4 is 17.6 Å². The molecule has 0 spiro atoms. The fourth-order valence-electron chi connectivity index (χ4n) is 5.02. The first-order valence-corrected chi connectivity index (χ1v) is 10.1. The van der Waals surface area contributed by atoms with E-state index in [1.54, 1.807) is 6.20 Å². The molecule has 4 atom stereocenters. The predicted octanol–water partition coefficient (Wildman–Crippen LogP) is 0.610. The van der Waals surface area contributed by atoms with Crippen LogP contribution in [0.25, 0.3) is 0 Å². The minimum atomic E-state index is -0.0548. The number of nitrogens with two attached hydrogens (primary N) is 1. The highest BCUT2D eigenvalue weighted by atomic mass is 16.2. The van der Waals surface area contributed by atoms with Crippen molar-refractivity contribution in [1.82, 2.24) is 15.2 Å². The summed E-state index contributed by atoms with van der Waals surface area (Å²) in [6, 6.07) is 5.87. The van der Waals surface area contributed by atoms with Gasteiger partial charge in [-0.1, -0.05) is 6.07 Å². The molecule has 2 heterocycles. The average molecular weight is 371 g/mol. The van der Waals surface area contributed by atoms with Crippen molar-refractivity contribution in [3.8, 4) is 0 Å². The molecule has 0 aromatic carbocycles. The van der Waals surface area contributed by atoms with Gasteiger partial charge >= 0.3 is 0 Å². The van der Waals surface area contributed by atoms with Gasteiger partial charge < -0.3 is 20.9 Å². The SMILES string of the molecule is NC1C2CCC(C2)C1C(=O)NCCC(=O)N1CCN(c2ccccn2)CC1. The Morgan fingerprint density at radius 3 is 2.59 bits per heavy atom. The number of hydrogen-bond acceptors (Lipinski definition) is 5. The molecule has 2 bridgehead atoms. The van der Waals surface area contributed by atoms with Gasteiger partial charge in [-0.2, -0.15) is 0 Å². The zero-order chi connectivity index (χ0) is 18.8. The Morgan fingerprint density at radius 1 is 1.15 bits per heavy atom. The highest BCUT2D eigenvalue weighted by molar-refractivity contribution is 5.82. The standard InChI is InChI=1S/C20H29N5O2/c21-19-15-5-4-14(13-15)18(19)20(27)23-8-6-17(26)25-11-9-24(10-12-25)16-3-1-2-7-22-16/h1-3,7,14-15,18-19H,4-6,8-13,21H2,(H,23,27). The Kier molecular flexibility index (Phi) is 5.29. The fraction of sp³-hybridized carbons (Fsp3) is 0.650. The second-order valence-corrected chi connectivity index (χ2v) is 8.03. The number of hydrogen-bond donors (Lipinski definition) is 2. The van der Waals surface area contributed by atoms with Crippen LogP contribution in [-0.2, 0) is 9.59 Å². The van der Waals surface area contributed by atoms with Crippen molar-refractivity contribution in [3.63, 3.8) is 0 Å². The molecule has 4 rings (SSSR count). The normalized spacial score (nSPS) is 29.8. The largest absolute Gasteiger partial charge is 0.355 e. The summed E-state index contributed by atoms with van der Waals surface area (Å²) in [5.41, 5.74) is 6.23. The smallest absolute Gasteiger partial charge is 0.224 e. The fourth-order valence-corrected chi connectivity index (χ4v) is 5.02. The Labute approximate surface area is 160 Å². The van der Waals surface area contributed by atoms with E-state index >= 15 is 0 Å². The molecular formula is C20H29N5O2. The maximum atomic E-state index is 12.5. The number of aromatic nitrogens is 1. The van der Waals surface area contributed by atoms with Crippen molar-refractivity contribution in [3.05, 3.63) is 24.4 Å². The van der Waals surface area contributed by atoms with E-state index in [0.717, 1.165) is 31.7 Å². The molecule has 4 unspecified atom stereocenters. The lowest BCUT2D eigenvalue weighted by molar-refractivity contribution is -0.131. The topological polar surface area (TPSA) is 91.6 Å². The average Bonchev–Trinajstić information content (AvgIpc) is 3.30. The lowest BCUT2D eigenvalue weighted by atomic mass is 9.84. The second-order valence-electron chi connectivity index (χ2n) is 8.03. The number of nitrogens with one attached hydrogen (secondary N) is 1. The number of piperazine rings is 1. The van der Waals surface area contributed by atoms with Crippen LogP contribution in [0, 0.1) is 17.8 Å². The van der Waals surface area contributed by atoms with Gasteiger partial charge in [0.05, 0.1) is 5.92 Å². The first-order chi connectivity index (χ1) is 13.1. The molecule has 146 valence electrons. The Balaban J connectivity index is 1.19. The first kappa shape index (κ1) is 18.2. The summed E-state index contributed by atoms with van der Waals surface area (Å²) in [6.45, 7) is 3.37. The van der Waals surface area contributed by atoms with Gasteiger partial charge in [0.25, 0.3) is 0 Å². The van der Waals surface area contributed by atoms with Crippen LogP contribution < -0.4 is 16.0 Å². The van der Waals surface area contributed by atoms with Crippen LogP contribution in [0.5, 0.6) is 0 Å². The number of carbonyl (C=O) groups is 2. The summed E-state index contributed by atoms with van der Waals surface area (Å²) in [6.07, 6.45) is 5.52. The van der Waals surface area contributed by atoms with Crippen molar-refractivity contribution in [2.45, 2.75) is 31.7 Å². The van der Waals surface area contributed by atoms with E-state index < -0.39 is 0 Å². The summed E-state index contributed by atoms with van der Waals surface area (Å²) in [5, 5.41) is 2.96. The van der Waals surface area contributed by atoms with Crippen molar-refractivity contribution in [2.75, 3.05) is 37.6 Å². The van der Waals surface area contributed by atoms with Crippen molar-refractivity contribution in [2.24, 2.45) is 23.5 Å². The Bertz CT molecular complexity index is 672. The molecule has 2 saturated carbocycles. The molecule has 2 aliphatic carbocycles. The molecule has 3 aliphatic rings. The molecule has 0 radical (unpaired) electrons. The molecule has 1 aromatic rings. The van der Waals surface area contributed by atoms with Gasteiger partial charge in [-0.15, -0.1) is 0 Å². The zero-order valence-corrected chi connectivity index (χ0v) is 15.7. The van der Waals surface area contributed by atoms with E-state index in [4.69, 9.17) is 5.73 Å². The summed E-state index contributed by atoms with van der Waals surface area (Å²) in [7, 11) is 0. The van der Waals surface area contributed by atoms with Crippen LogP contribution in [0.4, 0.5) is 5.82 Å². The van der Waals surface area contributed by atoms with Gasteiger partial charge in [0.15, 0.2) is 0 Å². The molecule has 1 aliphatic heterocycles. The molecule has 3 fully saturated rings. The number of nitrogens with zero attached hydrogens (tertiary/aromatic N) is 3. The van der Waals surface area contributed by atoms with Gasteiger partial charge in [0.2, 0.25) is 11.8 Å². The van der Waals surface area contributed by atoms with Crippen molar-refractivity contribution in [1.29, 1.82) is 0 Å². The number of amides is 2. The molecule has 7 nitrogen and oxygen atoms in total. The number of fused-ring (bicyclic) bond motifs is 2. The molecule has 7 heteroatoms. The molecule has 3 N–H and O–H groups in total. The minimum Gasteiger partial charge on any atom is -0.355 e. The first-order valence-electron chi connectivity index (χ1n) is 10.1. The van der Waals surface area contributed by atoms with Crippen molar-refractivity contribution < 1.29 is 9.59 Å². The number of pyridine rings is 1. The summed E-state index contributed by atoms with van der Waals surface area (Å²) < 4.78 is 0. The third-order valence-electron chi connectivity index (χ3n) is 6.53. The maximum absolute atomic E-state index is 12.5. The Morgan fingerprint density at radius 2 is 1.93 bits per heavy atom. The van der Waals surface area contributed by atoms with E-state index in [9.17, 15) is 9.59 Å². The van der Waals surface area contributed by atoms with E-state index in [1.807, 2.05) is 23.1 Å². The summed E-state index contributed by atoms with van der Waals surface area (Å²) in [5.74, 6) is 2.01. The lowest BCUT2D eigenvalue weighted by Gasteiger charge is -2.35. The maximum Gasteiger partial charge on any atom is 0.224 e. The second kappa shape index (κ2) is 7.84. The minimum absolute atomic E-state index is 0.000810. The van der Waals surface area contributed by atoms with Gasteiger partial charge in [-0.05, 0) is 43.2 Å². The number of rotatable bonds is 5. The van der Waals surface area contributed by atoms with E-state index in [2.05, 4.69) is 15.2 Å². The van der Waals surface area contributed by atoms with E-state index in [1.165, 1.54) is 6.42 Å². The third-order valence-corrected chi connectivity index (χ3v) is 6.53. The molecule has 27 heavy (non-hydrogen) atoms. The van der Waals surface area contributed by atoms with Crippen LogP contribution in [0.15, 0.2) is 24.4 Å². The highest BCUT2D eigenvalue weighted by Crippen LogP contribution is 2.47. The molecular weight excluding hydrogens is 342 g/mol.